The fraction of sp³-hybridized carbons (Fsp3) is 0.375. The van der Waals surface area contributed by atoms with Crippen LogP contribution in [0, 0.1) is 5.92 Å². The van der Waals surface area contributed by atoms with Crippen LogP contribution in [0.5, 0.6) is 0 Å². The van der Waals surface area contributed by atoms with Crippen LogP contribution in [0.25, 0.3) is 0 Å². The van der Waals surface area contributed by atoms with Crippen molar-refractivity contribution in [2.24, 2.45) is 5.92 Å². The van der Waals surface area contributed by atoms with Crippen LogP contribution >= 0.6 is 11.6 Å². The second-order valence-electron chi connectivity index (χ2n) is 8.45. The van der Waals surface area contributed by atoms with Gasteiger partial charge in [0.15, 0.2) is 0 Å². The number of carbonyl (C=O) groups excluding carboxylic acids is 3. The summed E-state index contributed by atoms with van der Waals surface area (Å²) in [6.45, 7) is 4.22. The van der Waals surface area contributed by atoms with Crippen LogP contribution < -0.4 is 10.6 Å². The number of halogens is 4. The smallest absolute Gasteiger partial charge is 0.350 e. The van der Waals surface area contributed by atoms with Crippen molar-refractivity contribution < 1.29 is 27.6 Å². The molecule has 0 aliphatic carbocycles. The topological polar surface area (TPSA) is 78.5 Å². The van der Waals surface area contributed by atoms with Gasteiger partial charge in [-0.15, -0.1) is 0 Å². The molecule has 2 aromatic carbocycles. The molecule has 2 aromatic rings. The molecule has 3 rings (SSSR count). The zero-order valence-electron chi connectivity index (χ0n) is 18.7. The average Bonchev–Trinajstić information content (AvgIpc) is 2.77. The Balaban J connectivity index is 1.61. The minimum absolute atomic E-state index is 0.0849. The molecule has 0 atom stereocenters. The van der Waals surface area contributed by atoms with Crippen LogP contribution in [-0.2, 0) is 11.0 Å². The molecule has 0 saturated carbocycles. The van der Waals surface area contributed by atoms with E-state index in [1.54, 1.807) is 12.1 Å². The molecule has 0 radical (unpaired) electrons. The molecule has 0 bridgehead atoms. The average molecular weight is 496 g/mol. The molecule has 182 valence electrons. The van der Waals surface area contributed by atoms with Gasteiger partial charge in [0.2, 0.25) is 5.91 Å². The normalized spacial score (nSPS) is 14.7. The van der Waals surface area contributed by atoms with Crippen LogP contribution in [-0.4, -0.2) is 41.8 Å². The first-order chi connectivity index (χ1) is 16.0. The maximum atomic E-state index is 12.9. The van der Waals surface area contributed by atoms with Crippen molar-refractivity contribution in [1.82, 2.24) is 10.2 Å². The second kappa shape index (κ2) is 10.5. The summed E-state index contributed by atoms with van der Waals surface area (Å²) in [5, 5.41) is 5.92. The van der Waals surface area contributed by atoms with Gasteiger partial charge in [-0.05, 0) is 69.2 Å². The lowest BCUT2D eigenvalue weighted by molar-refractivity contribution is -0.137. The third-order valence-electron chi connectivity index (χ3n) is 5.52. The summed E-state index contributed by atoms with van der Waals surface area (Å²) >= 11 is 6.05. The number of nitrogens with zero attached hydrogens (tertiary/aromatic N) is 1. The van der Waals surface area contributed by atoms with Crippen LogP contribution in [0.15, 0.2) is 42.5 Å². The molecule has 0 unspecified atom stereocenters. The van der Waals surface area contributed by atoms with E-state index in [0.29, 0.717) is 29.1 Å². The number of likely N-dealkylation sites (tertiary alicyclic amines) is 1. The highest BCUT2D eigenvalue weighted by Gasteiger charge is 2.32. The molecule has 3 amide bonds. The Morgan fingerprint density at radius 1 is 1.03 bits per heavy atom. The Morgan fingerprint density at radius 2 is 1.65 bits per heavy atom. The Hall–Kier alpha value is -3.07. The number of benzene rings is 2. The lowest BCUT2D eigenvalue weighted by Crippen LogP contribution is -2.41. The first kappa shape index (κ1) is 25.6. The predicted octanol–water partition coefficient (Wildman–Crippen LogP) is 4.99. The van der Waals surface area contributed by atoms with Crippen molar-refractivity contribution in [1.29, 1.82) is 0 Å². The molecular formula is C24H25ClF3N3O3. The first-order valence-corrected chi connectivity index (χ1v) is 11.2. The summed E-state index contributed by atoms with van der Waals surface area (Å²) in [6.07, 6.45) is -3.70. The van der Waals surface area contributed by atoms with Gasteiger partial charge < -0.3 is 15.5 Å². The van der Waals surface area contributed by atoms with Gasteiger partial charge in [-0.1, -0.05) is 11.6 Å². The molecule has 6 nitrogen and oxygen atoms in total. The summed E-state index contributed by atoms with van der Waals surface area (Å²) in [4.78, 5) is 39.5. The summed E-state index contributed by atoms with van der Waals surface area (Å²) in [5.74, 6) is -1.40. The molecule has 0 spiro atoms. The molecule has 2 N–H and O–H groups in total. The summed E-state index contributed by atoms with van der Waals surface area (Å²) in [5.41, 5.74) is -0.0576. The lowest BCUT2D eigenvalue weighted by atomic mass is 9.95. The van der Waals surface area contributed by atoms with Crippen molar-refractivity contribution in [2.45, 2.75) is 38.9 Å². The van der Waals surface area contributed by atoms with E-state index in [2.05, 4.69) is 10.6 Å². The summed E-state index contributed by atoms with van der Waals surface area (Å²) in [7, 11) is 0. The van der Waals surface area contributed by atoms with E-state index in [9.17, 15) is 27.6 Å². The molecule has 1 aliphatic heterocycles. The largest absolute Gasteiger partial charge is 0.416 e. The number of nitrogens with one attached hydrogen (secondary N) is 2. The molecule has 34 heavy (non-hydrogen) atoms. The fourth-order valence-corrected chi connectivity index (χ4v) is 3.89. The molecule has 10 heteroatoms. The monoisotopic (exact) mass is 495 g/mol. The minimum Gasteiger partial charge on any atom is -0.350 e. The van der Waals surface area contributed by atoms with Crippen molar-refractivity contribution in [3.05, 3.63) is 64.2 Å². The highest BCUT2D eigenvalue weighted by Crippen LogP contribution is 2.30. The van der Waals surface area contributed by atoms with E-state index in [4.69, 9.17) is 11.6 Å². The zero-order valence-corrected chi connectivity index (χ0v) is 19.5. The maximum Gasteiger partial charge on any atom is 0.416 e. The van der Waals surface area contributed by atoms with E-state index in [1.165, 1.54) is 11.0 Å². The van der Waals surface area contributed by atoms with Crippen LogP contribution in [0.4, 0.5) is 18.9 Å². The Labute approximate surface area is 200 Å². The maximum absolute atomic E-state index is 12.9. The Bertz CT molecular complexity index is 1060. The molecule has 1 fully saturated rings. The van der Waals surface area contributed by atoms with E-state index in [-0.39, 0.29) is 42.4 Å². The number of piperidine rings is 1. The number of rotatable bonds is 5. The number of carbonyl (C=O) groups is 3. The van der Waals surface area contributed by atoms with Crippen LogP contribution in [0.3, 0.4) is 0 Å². The SMILES string of the molecule is CC(C)NC(=O)c1ccc(Cl)cc1NC(=O)C1CCN(C(=O)c2ccc(C(F)(F)F)cc2)CC1. The van der Waals surface area contributed by atoms with E-state index in [0.717, 1.165) is 24.3 Å². The van der Waals surface area contributed by atoms with Crippen LogP contribution in [0.2, 0.25) is 5.02 Å². The molecule has 1 aliphatic rings. The fourth-order valence-electron chi connectivity index (χ4n) is 3.72. The third-order valence-corrected chi connectivity index (χ3v) is 5.75. The van der Waals surface area contributed by atoms with E-state index >= 15 is 0 Å². The molecule has 1 heterocycles. The number of alkyl halides is 3. The van der Waals surface area contributed by atoms with Crippen molar-refractivity contribution in [2.75, 3.05) is 18.4 Å². The highest BCUT2D eigenvalue weighted by atomic mass is 35.5. The van der Waals surface area contributed by atoms with Gasteiger partial charge in [0.05, 0.1) is 16.8 Å². The first-order valence-electron chi connectivity index (χ1n) is 10.8. The standard InChI is InChI=1S/C24H25ClF3N3O3/c1-14(2)29-22(33)19-8-7-18(25)13-20(19)30-21(32)15-9-11-31(12-10-15)23(34)16-3-5-17(6-4-16)24(26,27)28/h3-8,13-15H,9-12H2,1-2H3,(H,29,33)(H,30,32). The Kier molecular flexibility index (Phi) is 7.86. The molecular weight excluding hydrogens is 471 g/mol. The number of anilines is 1. The lowest BCUT2D eigenvalue weighted by Gasteiger charge is -2.31. The van der Waals surface area contributed by atoms with Gasteiger partial charge in [0.1, 0.15) is 0 Å². The number of amides is 3. The van der Waals surface area contributed by atoms with Gasteiger partial charge in [-0.25, -0.2) is 0 Å². The molecule has 0 aromatic heterocycles. The van der Waals surface area contributed by atoms with Gasteiger partial charge in [-0.3, -0.25) is 14.4 Å². The van der Waals surface area contributed by atoms with Crippen molar-refractivity contribution in [3.63, 3.8) is 0 Å². The van der Waals surface area contributed by atoms with Crippen LogP contribution in [0.1, 0.15) is 53.0 Å². The highest BCUT2D eigenvalue weighted by molar-refractivity contribution is 6.31. The van der Waals surface area contributed by atoms with E-state index < -0.39 is 17.7 Å². The number of hydrogen-bond donors (Lipinski definition) is 2. The predicted molar refractivity (Wildman–Crippen MR) is 123 cm³/mol. The zero-order chi connectivity index (χ0) is 25.0. The van der Waals surface area contributed by atoms with Gasteiger partial charge in [-0.2, -0.15) is 13.2 Å². The van der Waals surface area contributed by atoms with Gasteiger partial charge >= 0.3 is 6.18 Å². The van der Waals surface area contributed by atoms with Crippen molar-refractivity contribution >= 4 is 35.0 Å². The van der Waals surface area contributed by atoms with E-state index in [1.807, 2.05) is 13.8 Å². The van der Waals surface area contributed by atoms with Gasteiger partial charge in [0, 0.05) is 35.6 Å². The van der Waals surface area contributed by atoms with Crippen molar-refractivity contribution in [3.8, 4) is 0 Å². The number of hydrogen-bond acceptors (Lipinski definition) is 3. The summed E-state index contributed by atoms with van der Waals surface area (Å²) in [6, 6.07) is 8.62. The van der Waals surface area contributed by atoms with Gasteiger partial charge in [0.25, 0.3) is 11.8 Å². The minimum atomic E-state index is -4.47. The second-order valence-corrected chi connectivity index (χ2v) is 8.89. The summed E-state index contributed by atoms with van der Waals surface area (Å²) < 4.78 is 38.2. The Morgan fingerprint density at radius 3 is 2.21 bits per heavy atom. The molecule has 1 saturated heterocycles. The third kappa shape index (κ3) is 6.28. The quantitative estimate of drug-likeness (QED) is 0.613.